The lowest BCUT2D eigenvalue weighted by molar-refractivity contribution is 0.248. The molecule has 16 heavy (non-hydrogen) atoms. The van der Waals surface area contributed by atoms with Crippen molar-refractivity contribution in [2.45, 2.75) is 26.7 Å². The fourth-order valence-corrected chi connectivity index (χ4v) is 1.53. The van der Waals surface area contributed by atoms with Gasteiger partial charge in [-0.1, -0.05) is 19.9 Å². The van der Waals surface area contributed by atoms with E-state index in [1.807, 2.05) is 12.1 Å². The standard InChI is InChI=1S/C12H21N3O/c1-12(2,7-4-8-16)9-14-11-6-3-5-10(13)15-11/h3,5-6,16H,4,7-9H2,1-2H3,(H3,13,14,15). The van der Waals surface area contributed by atoms with Crippen molar-refractivity contribution in [3.8, 4) is 0 Å². The molecule has 0 saturated carbocycles. The molecular weight excluding hydrogens is 202 g/mol. The van der Waals surface area contributed by atoms with Crippen LogP contribution < -0.4 is 11.1 Å². The Morgan fingerprint density at radius 2 is 2.19 bits per heavy atom. The van der Waals surface area contributed by atoms with Gasteiger partial charge in [0.2, 0.25) is 0 Å². The van der Waals surface area contributed by atoms with Crippen molar-refractivity contribution in [1.29, 1.82) is 0 Å². The van der Waals surface area contributed by atoms with Crippen LogP contribution in [0.2, 0.25) is 0 Å². The highest BCUT2D eigenvalue weighted by molar-refractivity contribution is 5.42. The SMILES string of the molecule is CC(C)(CCCO)CNc1cccc(N)n1. The summed E-state index contributed by atoms with van der Waals surface area (Å²) in [6.45, 7) is 5.41. The van der Waals surface area contributed by atoms with Crippen LogP contribution in [0.3, 0.4) is 0 Å². The average molecular weight is 223 g/mol. The number of aliphatic hydroxyl groups is 1. The largest absolute Gasteiger partial charge is 0.396 e. The Kier molecular flexibility index (Phi) is 4.55. The predicted molar refractivity (Wildman–Crippen MR) is 67.2 cm³/mol. The van der Waals surface area contributed by atoms with E-state index < -0.39 is 0 Å². The average Bonchev–Trinajstić information content (AvgIpc) is 2.24. The van der Waals surface area contributed by atoms with Crippen molar-refractivity contribution in [1.82, 2.24) is 4.98 Å². The summed E-state index contributed by atoms with van der Waals surface area (Å²) in [6.07, 6.45) is 1.82. The van der Waals surface area contributed by atoms with Crippen molar-refractivity contribution < 1.29 is 5.11 Å². The molecule has 0 aromatic carbocycles. The number of anilines is 2. The Balaban J connectivity index is 2.44. The van der Waals surface area contributed by atoms with Gasteiger partial charge in [-0.25, -0.2) is 4.98 Å². The first kappa shape index (κ1) is 12.8. The van der Waals surface area contributed by atoms with E-state index in [9.17, 15) is 0 Å². The van der Waals surface area contributed by atoms with E-state index in [4.69, 9.17) is 10.8 Å². The molecule has 0 aliphatic carbocycles. The van der Waals surface area contributed by atoms with Gasteiger partial charge >= 0.3 is 0 Å². The van der Waals surface area contributed by atoms with Crippen LogP contribution in [0.4, 0.5) is 11.6 Å². The molecule has 0 saturated heterocycles. The Hall–Kier alpha value is -1.29. The lowest BCUT2D eigenvalue weighted by Gasteiger charge is -2.24. The molecule has 0 atom stereocenters. The minimum Gasteiger partial charge on any atom is -0.396 e. The minimum absolute atomic E-state index is 0.148. The van der Waals surface area contributed by atoms with Crippen LogP contribution in [0.5, 0.6) is 0 Å². The van der Waals surface area contributed by atoms with Crippen molar-refractivity contribution in [2.24, 2.45) is 5.41 Å². The molecule has 0 unspecified atom stereocenters. The molecule has 1 heterocycles. The third-order valence-electron chi connectivity index (χ3n) is 2.53. The minimum atomic E-state index is 0.148. The Morgan fingerprint density at radius 1 is 1.44 bits per heavy atom. The molecule has 0 spiro atoms. The topological polar surface area (TPSA) is 71.2 Å². The van der Waals surface area contributed by atoms with Crippen LogP contribution in [0.25, 0.3) is 0 Å². The number of rotatable bonds is 6. The van der Waals surface area contributed by atoms with Gasteiger partial charge in [-0.3, -0.25) is 0 Å². The lowest BCUT2D eigenvalue weighted by Crippen LogP contribution is -2.23. The number of nitrogens with two attached hydrogens (primary N) is 1. The first-order chi connectivity index (χ1) is 7.53. The number of hydrogen-bond donors (Lipinski definition) is 3. The Bertz CT molecular complexity index is 326. The van der Waals surface area contributed by atoms with Crippen molar-refractivity contribution in [3.63, 3.8) is 0 Å². The van der Waals surface area contributed by atoms with Gasteiger partial charge in [0.15, 0.2) is 0 Å². The molecular formula is C12H21N3O. The molecule has 0 amide bonds. The fraction of sp³-hybridized carbons (Fsp3) is 0.583. The quantitative estimate of drug-likeness (QED) is 0.688. The van der Waals surface area contributed by atoms with Gasteiger partial charge in [-0.15, -0.1) is 0 Å². The smallest absolute Gasteiger partial charge is 0.128 e. The summed E-state index contributed by atoms with van der Waals surface area (Å²) in [5.74, 6) is 1.33. The van der Waals surface area contributed by atoms with Gasteiger partial charge < -0.3 is 16.2 Å². The second kappa shape index (κ2) is 5.70. The van der Waals surface area contributed by atoms with E-state index in [0.29, 0.717) is 5.82 Å². The third-order valence-corrected chi connectivity index (χ3v) is 2.53. The van der Waals surface area contributed by atoms with E-state index in [2.05, 4.69) is 24.1 Å². The van der Waals surface area contributed by atoms with E-state index in [1.165, 1.54) is 0 Å². The normalized spacial score (nSPS) is 11.4. The maximum atomic E-state index is 8.80. The van der Waals surface area contributed by atoms with E-state index in [0.717, 1.165) is 25.2 Å². The zero-order valence-corrected chi connectivity index (χ0v) is 10.0. The monoisotopic (exact) mass is 223 g/mol. The second-order valence-corrected chi connectivity index (χ2v) is 4.79. The van der Waals surface area contributed by atoms with E-state index in [-0.39, 0.29) is 12.0 Å². The molecule has 0 fully saturated rings. The molecule has 0 aliphatic rings. The molecule has 4 heteroatoms. The van der Waals surface area contributed by atoms with Crippen molar-refractivity contribution in [3.05, 3.63) is 18.2 Å². The summed E-state index contributed by atoms with van der Waals surface area (Å²) in [5, 5.41) is 12.1. The fourth-order valence-electron chi connectivity index (χ4n) is 1.53. The maximum Gasteiger partial charge on any atom is 0.128 e. The number of nitrogens with zero attached hydrogens (tertiary/aromatic N) is 1. The van der Waals surface area contributed by atoms with Gasteiger partial charge in [-0.05, 0) is 30.4 Å². The van der Waals surface area contributed by atoms with Crippen molar-refractivity contribution >= 4 is 11.6 Å². The highest BCUT2D eigenvalue weighted by Crippen LogP contribution is 2.22. The molecule has 0 radical (unpaired) electrons. The van der Waals surface area contributed by atoms with Crippen LogP contribution in [0.15, 0.2) is 18.2 Å². The summed E-state index contributed by atoms with van der Waals surface area (Å²) >= 11 is 0. The van der Waals surface area contributed by atoms with Crippen molar-refractivity contribution in [2.75, 3.05) is 24.2 Å². The van der Waals surface area contributed by atoms with Crippen LogP contribution in [-0.2, 0) is 0 Å². The Morgan fingerprint density at radius 3 is 2.81 bits per heavy atom. The zero-order valence-electron chi connectivity index (χ0n) is 10.0. The van der Waals surface area contributed by atoms with Crippen LogP contribution in [-0.4, -0.2) is 23.2 Å². The molecule has 0 bridgehead atoms. The first-order valence-electron chi connectivity index (χ1n) is 5.61. The van der Waals surface area contributed by atoms with E-state index >= 15 is 0 Å². The first-order valence-corrected chi connectivity index (χ1v) is 5.61. The van der Waals surface area contributed by atoms with Gasteiger partial charge in [0.05, 0.1) is 0 Å². The van der Waals surface area contributed by atoms with Gasteiger partial charge in [-0.2, -0.15) is 0 Å². The zero-order chi connectivity index (χ0) is 12.0. The summed E-state index contributed by atoms with van der Waals surface area (Å²) in [5.41, 5.74) is 5.74. The molecule has 0 aliphatic heterocycles. The molecule has 1 aromatic rings. The van der Waals surface area contributed by atoms with Crippen LogP contribution in [0, 0.1) is 5.41 Å². The molecule has 90 valence electrons. The number of aromatic nitrogens is 1. The number of pyridine rings is 1. The highest BCUT2D eigenvalue weighted by Gasteiger charge is 2.16. The van der Waals surface area contributed by atoms with Gasteiger partial charge in [0.1, 0.15) is 11.6 Å². The van der Waals surface area contributed by atoms with Crippen LogP contribution >= 0.6 is 0 Å². The third kappa shape index (κ3) is 4.49. The number of nitrogens with one attached hydrogen (secondary N) is 1. The summed E-state index contributed by atoms with van der Waals surface area (Å²) in [4.78, 5) is 4.17. The molecule has 1 aromatic heterocycles. The van der Waals surface area contributed by atoms with E-state index in [1.54, 1.807) is 6.07 Å². The number of aliphatic hydroxyl groups excluding tert-OH is 1. The van der Waals surface area contributed by atoms with Crippen LogP contribution in [0.1, 0.15) is 26.7 Å². The van der Waals surface area contributed by atoms with Gasteiger partial charge in [0.25, 0.3) is 0 Å². The number of nitrogen functional groups attached to an aromatic ring is 1. The second-order valence-electron chi connectivity index (χ2n) is 4.79. The lowest BCUT2D eigenvalue weighted by atomic mass is 9.88. The highest BCUT2D eigenvalue weighted by atomic mass is 16.2. The number of hydrogen-bond acceptors (Lipinski definition) is 4. The van der Waals surface area contributed by atoms with Gasteiger partial charge in [0, 0.05) is 13.2 Å². The summed E-state index contributed by atoms with van der Waals surface area (Å²) in [7, 11) is 0. The molecule has 1 rings (SSSR count). The predicted octanol–water partition coefficient (Wildman–Crippen LogP) is 1.87. The molecule has 4 nitrogen and oxygen atoms in total. The molecule has 4 N–H and O–H groups in total. The summed E-state index contributed by atoms with van der Waals surface area (Å²) in [6, 6.07) is 5.55. The Labute approximate surface area is 96.9 Å². The maximum absolute atomic E-state index is 8.80. The summed E-state index contributed by atoms with van der Waals surface area (Å²) < 4.78 is 0.